The second kappa shape index (κ2) is 9.55. The average Bonchev–Trinajstić information content (AvgIpc) is 3.38. The molecule has 178 valence electrons. The molecule has 1 N–H and O–H groups in total. The van der Waals surface area contributed by atoms with E-state index in [9.17, 15) is 4.79 Å². The van der Waals surface area contributed by atoms with E-state index in [0.717, 1.165) is 49.6 Å². The van der Waals surface area contributed by atoms with Crippen LogP contribution in [-0.4, -0.2) is 21.9 Å². The zero-order valence-electron chi connectivity index (χ0n) is 20.3. The quantitative estimate of drug-likeness (QED) is 0.215. The van der Waals surface area contributed by atoms with Crippen LogP contribution >= 0.6 is 0 Å². The van der Waals surface area contributed by atoms with Crippen LogP contribution in [0.4, 0.5) is 0 Å². The molecule has 5 heteroatoms. The number of amides is 1. The SMILES string of the molecule is Cc1ccccc1-n1nc(C(=O)N/N=C\c2cccc3ccccc23)cc1-c1ccc2ccccc2c1. The van der Waals surface area contributed by atoms with E-state index in [2.05, 4.69) is 53.0 Å². The van der Waals surface area contributed by atoms with E-state index in [4.69, 9.17) is 5.10 Å². The first kappa shape index (κ1) is 22.4. The van der Waals surface area contributed by atoms with Gasteiger partial charge in [0.15, 0.2) is 5.69 Å². The van der Waals surface area contributed by atoms with Crippen LogP contribution in [0.25, 0.3) is 38.5 Å². The molecule has 1 heterocycles. The molecule has 0 spiro atoms. The summed E-state index contributed by atoms with van der Waals surface area (Å²) in [4.78, 5) is 13.1. The van der Waals surface area contributed by atoms with Gasteiger partial charge in [0.05, 0.1) is 17.6 Å². The Balaban J connectivity index is 1.36. The fourth-order valence-corrected chi connectivity index (χ4v) is 4.61. The summed E-state index contributed by atoms with van der Waals surface area (Å²) in [7, 11) is 0. The monoisotopic (exact) mass is 480 g/mol. The van der Waals surface area contributed by atoms with Gasteiger partial charge in [-0.3, -0.25) is 4.79 Å². The second-order valence-corrected chi connectivity index (χ2v) is 8.94. The number of para-hydroxylation sites is 1. The Morgan fingerprint density at radius 2 is 1.51 bits per heavy atom. The number of hydrogen-bond donors (Lipinski definition) is 1. The molecular formula is C32H24N4O. The highest BCUT2D eigenvalue weighted by molar-refractivity contribution is 6.00. The molecule has 0 aliphatic rings. The predicted molar refractivity (Wildman–Crippen MR) is 150 cm³/mol. The van der Waals surface area contributed by atoms with Crippen molar-refractivity contribution in [2.24, 2.45) is 5.10 Å². The van der Waals surface area contributed by atoms with Crippen molar-refractivity contribution in [1.82, 2.24) is 15.2 Å². The van der Waals surface area contributed by atoms with Crippen molar-refractivity contribution < 1.29 is 4.79 Å². The summed E-state index contributed by atoms with van der Waals surface area (Å²) in [6, 6.07) is 38.4. The smallest absolute Gasteiger partial charge is 0.265 e. The first-order valence-corrected chi connectivity index (χ1v) is 12.1. The molecule has 0 radical (unpaired) electrons. The van der Waals surface area contributed by atoms with Gasteiger partial charge in [-0.2, -0.15) is 10.2 Å². The lowest BCUT2D eigenvalue weighted by Crippen LogP contribution is -2.18. The highest BCUT2D eigenvalue weighted by Gasteiger charge is 2.18. The first-order chi connectivity index (χ1) is 18.2. The van der Waals surface area contributed by atoms with E-state index >= 15 is 0 Å². The minimum absolute atomic E-state index is 0.293. The minimum atomic E-state index is -0.370. The molecule has 0 saturated heterocycles. The number of hydrazone groups is 1. The summed E-state index contributed by atoms with van der Waals surface area (Å²) in [5.74, 6) is -0.370. The van der Waals surface area contributed by atoms with Crippen LogP contribution in [0.3, 0.4) is 0 Å². The Bertz CT molecular complexity index is 1790. The van der Waals surface area contributed by atoms with Gasteiger partial charge in [-0.05, 0) is 52.2 Å². The van der Waals surface area contributed by atoms with Crippen LogP contribution in [0.1, 0.15) is 21.6 Å². The number of hydrogen-bond acceptors (Lipinski definition) is 3. The largest absolute Gasteiger partial charge is 0.291 e. The van der Waals surface area contributed by atoms with Gasteiger partial charge in [0.25, 0.3) is 5.91 Å². The predicted octanol–water partition coefficient (Wildman–Crippen LogP) is 6.92. The molecule has 0 aliphatic heterocycles. The number of nitrogens with zero attached hydrogens (tertiary/aromatic N) is 3. The lowest BCUT2D eigenvalue weighted by Gasteiger charge is -2.11. The number of carbonyl (C=O) groups excluding carboxylic acids is 1. The molecule has 0 saturated carbocycles. The maximum Gasteiger partial charge on any atom is 0.291 e. The van der Waals surface area contributed by atoms with Crippen molar-refractivity contribution in [3.8, 4) is 16.9 Å². The fourth-order valence-electron chi connectivity index (χ4n) is 4.61. The summed E-state index contributed by atoms with van der Waals surface area (Å²) < 4.78 is 1.84. The molecule has 5 aromatic carbocycles. The molecule has 37 heavy (non-hydrogen) atoms. The van der Waals surface area contributed by atoms with Crippen LogP contribution in [-0.2, 0) is 0 Å². The molecule has 0 atom stereocenters. The molecule has 0 unspecified atom stereocenters. The van der Waals surface area contributed by atoms with E-state index in [0.29, 0.717) is 5.69 Å². The topological polar surface area (TPSA) is 59.3 Å². The third-order valence-electron chi connectivity index (χ3n) is 6.52. The Labute approximate surface area is 214 Å². The third-order valence-corrected chi connectivity index (χ3v) is 6.52. The van der Waals surface area contributed by atoms with Crippen molar-refractivity contribution in [3.05, 3.63) is 132 Å². The average molecular weight is 481 g/mol. The molecule has 0 aliphatic carbocycles. The van der Waals surface area contributed by atoms with Crippen LogP contribution in [0.15, 0.2) is 120 Å². The maximum atomic E-state index is 13.1. The van der Waals surface area contributed by atoms with Gasteiger partial charge in [-0.15, -0.1) is 0 Å². The van der Waals surface area contributed by atoms with Crippen molar-refractivity contribution >= 4 is 33.7 Å². The van der Waals surface area contributed by atoms with Crippen molar-refractivity contribution in [2.45, 2.75) is 6.92 Å². The van der Waals surface area contributed by atoms with Crippen molar-refractivity contribution in [3.63, 3.8) is 0 Å². The van der Waals surface area contributed by atoms with Gasteiger partial charge in [0.1, 0.15) is 0 Å². The molecule has 1 aromatic heterocycles. The lowest BCUT2D eigenvalue weighted by molar-refractivity contribution is 0.0949. The number of benzene rings is 5. The van der Waals surface area contributed by atoms with Gasteiger partial charge in [-0.1, -0.05) is 97.1 Å². The number of nitrogens with one attached hydrogen (secondary N) is 1. The number of aromatic nitrogens is 2. The van der Waals surface area contributed by atoms with Gasteiger partial charge >= 0.3 is 0 Å². The van der Waals surface area contributed by atoms with E-state index in [-0.39, 0.29) is 5.91 Å². The standard InChI is InChI=1S/C32H24N4O/c1-22-9-2-7-16-30(22)36-31(26-18-17-23-10-3-4-12-25(23)19-26)20-29(35-36)32(37)34-33-21-27-14-8-13-24-11-5-6-15-28(24)27/h2-21H,1H3,(H,34,37)/b33-21-. The summed E-state index contributed by atoms with van der Waals surface area (Å²) in [5.41, 5.74) is 7.68. The highest BCUT2D eigenvalue weighted by atomic mass is 16.2. The first-order valence-electron chi connectivity index (χ1n) is 12.1. The zero-order valence-corrected chi connectivity index (χ0v) is 20.3. The van der Waals surface area contributed by atoms with E-state index in [1.54, 1.807) is 6.21 Å². The maximum absolute atomic E-state index is 13.1. The Morgan fingerprint density at radius 3 is 2.38 bits per heavy atom. The molecule has 0 bridgehead atoms. The minimum Gasteiger partial charge on any atom is -0.265 e. The number of carbonyl (C=O) groups is 1. The number of fused-ring (bicyclic) bond motifs is 2. The molecule has 6 rings (SSSR count). The summed E-state index contributed by atoms with van der Waals surface area (Å²) >= 11 is 0. The second-order valence-electron chi connectivity index (χ2n) is 8.94. The molecule has 0 fully saturated rings. The highest BCUT2D eigenvalue weighted by Crippen LogP contribution is 2.28. The van der Waals surface area contributed by atoms with Gasteiger partial charge in [0, 0.05) is 11.1 Å². The summed E-state index contributed by atoms with van der Waals surface area (Å²) in [5, 5.41) is 13.4. The number of rotatable bonds is 5. The van der Waals surface area contributed by atoms with Crippen molar-refractivity contribution in [2.75, 3.05) is 0 Å². The van der Waals surface area contributed by atoms with Crippen molar-refractivity contribution in [1.29, 1.82) is 0 Å². The zero-order chi connectivity index (χ0) is 25.2. The summed E-state index contributed by atoms with van der Waals surface area (Å²) in [6.07, 6.45) is 1.67. The Hall–Kier alpha value is -5.03. The van der Waals surface area contributed by atoms with Crippen LogP contribution in [0.5, 0.6) is 0 Å². The molecule has 5 nitrogen and oxygen atoms in total. The normalized spacial score (nSPS) is 11.4. The van der Waals surface area contributed by atoms with Gasteiger partial charge < -0.3 is 0 Å². The van der Waals surface area contributed by atoms with Gasteiger partial charge in [-0.25, -0.2) is 10.1 Å². The van der Waals surface area contributed by atoms with Gasteiger partial charge in [0.2, 0.25) is 0 Å². The lowest BCUT2D eigenvalue weighted by atomic mass is 10.0. The Morgan fingerprint density at radius 1 is 0.784 bits per heavy atom. The van der Waals surface area contributed by atoms with Crippen LogP contribution in [0.2, 0.25) is 0 Å². The Kier molecular flexibility index (Phi) is 5.79. The van der Waals surface area contributed by atoms with E-state index in [1.807, 2.05) is 84.4 Å². The number of aryl methyl sites for hydroxylation is 1. The van der Waals surface area contributed by atoms with E-state index < -0.39 is 0 Å². The van der Waals surface area contributed by atoms with Crippen LogP contribution < -0.4 is 5.43 Å². The molecular weight excluding hydrogens is 456 g/mol. The fraction of sp³-hybridized carbons (Fsp3) is 0.0312. The molecule has 6 aromatic rings. The van der Waals surface area contributed by atoms with E-state index in [1.165, 1.54) is 0 Å². The summed E-state index contributed by atoms with van der Waals surface area (Å²) in [6.45, 7) is 2.04. The molecule has 1 amide bonds. The third kappa shape index (κ3) is 4.39. The van der Waals surface area contributed by atoms with Crippen LogP contribution in [0, 0.1) is 6.92 Å².